The number of hydrogen-bond acceptors (Lipinski definition) is 4. The second-order valence-corrected chi connectivity index (χ2v) is 5.49. The Hall–Kier alpha value is -1.64. The first-order valence-corrected chi connectivity index (χ1v) is 7.25. The highest BCUT2D eigenvalue weighted by Gasteiger charge is 2.28. The molecule has 0 saturated carbocycles. The van der Waals surface area contributed by atoms with E-state index in [-0.39, 0.29) is 18.6 Å². The number of halogens is 3. The molecule has 1 saturated heterocycles. The normalized spacial score (nSPS) is 21.4. The first kappa shape index (κ1) is 17.7. The van der Waals surface area contributed by atoms with Crippen molar-refractivity contribution in [3.05, 3.63) is 35.4 Å². The van der Waals surface area contributed by atoms with E-state index in [9.17, 15) is 23.1 Å². The average molecular weight is 332 g/mol. The van der Waals surface area contributed by atoms with Crippen molar-refractivity contribution in [3.8, 4) is 0 Å². The van der Waals surface area contributed by atoms with Gasteiger partial charge in [-0.25, -0.2) is 0 Å². The summed E-state index contributed by atoms with van der Waals surface area (Å²) in [5, 5.41) is 15.0. The molecule has 5 nitrogen and oxygen atoms in total. The molecule has 23 heavy (non-hydrogen) atoms. The minimum absolute atomic E-state index is 0.115. The van der Waals surface area contributed by atoms with Gasteiger partial charge < -0.3 is 20.5 Å². The monoisotopic (exact) mass is 332 g/mol. The molecule has 1 aliphatic heterocycles. The Morgan fingerprint density at radius 3 is 2.52 bits per heavy atom. The minimum atomic E-state index is -4.33. The Morgan fingerprint density at radius 2 is 1.96 bits per heavy atom. The third kappa shape index (κ3) is 6.17. The van der Waals surface area contributed by atoms with Crippen molar-refractivity contribution in [2.24, 2.45) is 0 Å². The smallest absolute Gasteiger partial charge is 0.392 e. The minimum Gasteiger partial charge on any atom is -0.392 e. The van der Waals surface area contributed by atoms with E-state index in [1.165, 1.54) is 0 Å². The summed E-state index contributed by atoms with van der Waals surface area (Å²) in [4.78, 5) is 11.9. The summed E-state index contributed by atoms with van der Waals surface area (Å²) >= 11 is 0. The van der Waals surface area contributed by atoms with E-state index < -0.39 is 18.9 Å². The van der Waals surface area contributed by atoms with Gasteiger partial charge in [-0.3, -0.25) is 4.79 Å². The summed E-state index contributed by atoms with van der Waals surface area (Å²) in [5.41, 5.74) is 1.46. The van der Waals surface area contributed by atoms with Crippen LogP contribution in [-0.2, 0) is 22.7 Å². The highest BCUT2D eigenvalue weighted by molar-refractivity contribution is 5.82. The van der Waals surface area contributed by atoms with Gasteiger partial charge in [0.1, 0.15) is 6.61 Å². The predicted octanol–water partition coefficient (Wildman–Crippen LogP) is 1.10. The quantitative estimate of drug-likeness (QED) is 0.730. The molecule has 1 fully saturated rings. The molecule has 1 aromatic rings. The SMILES string of the molecule is O=C(NCc1ccc(COCC(F)(F)F)cc1)[C@H]1C[C@H](O)CN1. The average Bonchev–Trinajstić information content (AvgIpc) is 2.91. The third-order valence-electron chi connectivity index (χ3n) is 3.45. The number of benzene rings is 1. The molecule has 0 bridgehead atoms. The number of alkyl halides is 3. The van der Waals surface area contributed by atoms with Gasteiger partial charge in [0.2, 0.25) is 5.91 Å². The van der Waals surface area contributed by atoms with Gasteiger partial charge in [0, 0.05) is 13.1 Å². The lowest BCUT2D eigenvalue weighted by Crippen LogP contribution is -2.39. The second-order valence-electron chi connectivity index (χ2n) is 5.49. The summed E-state index contributed by atoms with van der Waals surface area (Å²) in [7, 11) is 0. The van der Waals surface area contributed by atoms with Crippen LogP contribution in [-0.4, -0.2) is 42.5 Å². The number of ether oxygens (including phenoxy) is 1. The van der Waals surface area contributed by atoms with Crippen molar-refractivity contribution in [1.29, 1.82) is 0 Å². The van der Waals surface area contributed by atoms with Gasteiger partial charge in [0.25, 0.3) is 0 Å². The molecule has 1 aromatic carbocycles. The molecule has 0 radical (unpaired) electrons. The van der Waals surface area contributed by atoms with Crippen molar-refractivity contribution < 1.29 is 27.8 Å². The zero-order valence-corrected chi connectivity index (χ0v) is 12.4. The first-order chi connectivity index (χ1) is 10.8. The zero-order chi connectivity index (χ0) is 16.9. The van der Waals surface area contributed by atoms with Crippen LogP contribution in [0.3, 0.4) is 0 Å². The molecular weight excluding hydrogens is 313 g/mol. The molecule has 2 atom stereocenters. The number of aliphatic hydroxyl groups excluding tert-OH is 1. The van der Waals surface area contributed by atoms with Crippen LogP contribution >= 0.6 is 0 Å². The van der Waals surface area contributed by atoms with Crippen LogP contribution in [0, 0.1) is 0 Å². The summed E-state index contributed by atoms with van der Waals surface area (Å²) in [6.07, 6.45) is -4.44. The Labute approximate surface area is 131 Å². The molecule has 1 amide bonds. The van der Waals surface area contributed by atoms with E-state index in [2.05, 4.69) is 15.4 Å². The number of hydrogen-bond donors (Lipinski definition) is 3. The Morgan fingerprint density at radius 1 is 1.30 bits per heavy atom. The van der Waals surface area contributed by atoms with Gasteiger partial charge in [0.15, 0.2) is 0 Å². The van der Waals surface area contributed by atoms with Gasteiger partial charge >= 0.3 is 6.18 Å². The van der Waals surface area contributed by atoms with Crippen LogP contribution in [0.2, 0.25) is 0 Å². The molecule has 128 valence electrons. The number of carbonyl (C=O) groups is 1. The van der Waals surface area contributed by atoms with E-state index in [0.717, 1.165) is 5.56 Å². The van der Waals surface area contributed by atoms with Crippen molar-refractivity contribution in [2.75, 3.05) is 13.2 Å². The lowest BCUT2D eigenvalue weighted by molar-refractivity contribution is -0.176. The molecule has 2 rings (SSSR count). The van der Waals surface area contributed by atoms with Gasteiger partial charge in [0.05, 0.1) is 18.8 Å². The molecule has 1 heterocycles. The maximum atomic E-state index is 12.0. The van der Waals surface area contributed by atoms with Crippen LogP contribution in [0.5, 0.6) is 0 Å². The van der Waals surface area contributed by atoms with Gasteiger partial charge in [-0.05, 0) is 17.5 Å². The first-order valence-electron chi connectivity index (χ1n) is 7.25. The van der Waals surface area contributed by atoms with Crippen molar-refractivity contribution in [2.45, 2.75) is 37.9 Å². The van der Waals surface area contributed by atoms with Crippen LogP contribution < -0.4 is 10.6 Å². The predicted molar refractivity (Wildman–Crippen MR) is 76.4 cm³/mol. The number of aliphatic hydroxyl groups is 1. The maximum absolute atomic E-state index is 12.0. The molecule has 0 unspecified atom stereocenters. The molecule has 0 aliphatic carbocycles. The van der Waals surface area contributed by atoms with E-state index in [1.54, 1.807) is 24.3 Å². The lowest BCUT2D eigenvalue weighted by atomic mass is 10.1. The standard InChI is InChI=1S/C15H19F3N2O3/c16-15(17,18)9-23-8-11-3-1-10(2-4-11)6-20-14(22)13-5-12(21)7-19-13/h1-4,12-13,19,21H,5-9H2,(H,20,22)/t12-,13+/m0/s1. The van der Waals surface area contributed by atoms with E-state index in [4.69, 9.17) is 0 Å². The Kier molecular flexibility index (Phi) is 5.97. The lowest BCUT2D eigenvalue weighted by Gasteiger charge is -2.11. The van der Waals surface area contributed by atoms with Crippen LogP contribution in [0.4, 0.5) is 13.2 Å². The van der Waals surface area contributed by atoms with Crippen LogP contribution in [0.25, 0.3) is 0 Å². The highest BCUT2D eigenvalue weighted by Crippen LogP contribution is 2.16. The summed E-state index contributed by atoms with van der Waals surface area (Å²) < 4.78 is 40.5. The van der Waals surface area contributed by atoms with E-state index in [0.29, 0.717) is 25.1 Å². The van der Waals surface area contributed by atoms with E-state index >= 15 is 0 Å². The summed E-state index contributed by atoms with van der Waals surface area (Å²) in [6, 6.07) is 6.39. The zero-order valence-electron chi connectivity index (χ0n) is 12.4. The fraction of sp³-hybridized carbons (Fsp3) is 0.533. The largest absolute Gasteiger partial charge is 0.411 e. The summed E-state index contributed by atoms with van der Waals surface area (Å²) in [5.74, 6) is -0.181. The van der Waals surface area contributed by atoms with Crippen molar-refractivity contribution >= 4 is 5.91 Å². The topological polar surface area (TPSA) is 70.6 Å². The fourth-order valence-corrected chi connectivity index (χ4v) is 2.27. The molecule has 0 spiro atoms. The highest BCUT2D eigenvalue weighted by atomic mass is 19.4. The van der Waals surface area contributed by atoms with Gasteiger partial charge in [-0.2, -0.15) is 13.2 Å². The Bertz CT molecular complexity index is 520. The number of nitrogens with one attached hydrogen (secondary N) is 2. The Balaban J connectivity index is 1.73. The molecule has 0 aromatic heterocycles. The van der Waals surface area contributed by atoms with Gasteiger partial charge in [-0.15, -0.1) is 0 Å². The molecular formula is C15H19F3N2O3. The number of β-amino-alcohol motifs (C(OH)–C–C–N with tert-alkyl or cyclic N) is 1. The number of carbonyl (C=O) groups excluding carboxylic acids is 1. The molecule has 3 N–H and O–H groups in total. The summed E-state index contributed by atoms with van der Waals surface area (Å²) in [6.45, 7) is -0.664. The van der Waals surface area contributed by atoms with Gasteiger partial charge in [-0.1, -0.05) is 24.3 Å². The van der Waals surface area contributed by atoms with Crippen LogP contribution in [0.15, 0.2) is 24.3 Å². The maximum Gasteiger partial charge on any atom is 0.411 e. The second kappa shape index (κ2) is 7.76. The third-order valence-corrected chi connectivity index (χ3v) is 3.45. The molecule has 8 heteroatoms. The fourth-order valence-electron chi connectivity index (χ4n) is 2.27. The molecule has 1 aliphatic rings. The number of rotatable bonds is 6. The number of amides is 1. The van der Waals surface area contributed by atoms with Crippen LogP contribution in [0.1, 0.15) is 17.5 Å². The van der Waals surface area contributed by atoms with Crippen molar-refractivity contribution in [3.63, 3.8) is 0 Å². The van der Waals surface area contributed by atoms with Crippen molar-refractivity contribution in [1.82, 2.24) is 10.6 Å². The van der Waals surface area contributed by atoms with E-state index in [1.807, 2.05) is 0 Å².